The lowest BCUT2D eigenvalue weighted by Crippen LogP contribution is -2.39. The molecule has 10 rings (SSSR count). The normalized spacial score (nSPS) is 14.3. The minimum Gasteiger partial charge on any atom is -0.331 e. The third-order valence-electron chi connectivity index (χ3n) is 14.2. The summed E-state index contributed by atoms with van der Waals surface area (Å²) in [4.78, 5) is 3.57. The molecule has 0 amide bonds. The largest absolute Gasteiger partial charge is 0.331 e. The summed E-state index contributed by atoms with van der Waals surface area (Å²) in [6.45, 7) is 20.6. The molecule has 0 aliphatic heterocycles. The number of fused-ring (bicyclic) bond motifs is 6. The Kier molecular flexibility index (Phi) is 10.5. The Labute approximate surface area is 398 Å². The maximum absolute atomic E-state index is 18.8. The van der Waals surface area contributed by atoms with Crippen LogP contribution >= 0.6 is 0 Å². The molecule has 2 nitrogen and oxygen atoms in total. The van der Waals surface area contributed by atoms with Gasteiger partial charge in [-0.3, -0.25) is 0 Å². The highest BCUT2D eigenvalue weighted by Gasteiger charge is 2.42. The van der Waals surface area contributed by atoms with Crippen molar-refractivity contribution in [2.24, 2.45) is 0 Å². The smallest absolute Gasteiger partial charge is 0.155 e. The standard InChI is InChI=1S/C62H56F4N2/c1-59(2,3)67(52-30-15-13-27-49(52)63)57-38(21-19-29-51(57)65)37-32-35-47-45(36-37)41-24-17-23-40(55(41)62(47,9)10)42-33-34-43(58(56(42)66)68(60(4,5)6)53-31-16-14-28-50(53)64)39-22-18-26-48-54(39)44-20-11-12-25-46(44)61(48,7)8/h11-36H,1-10H3. The van der Waals surface area contributed by atoms with E-state index in [1.54, 1.807) is 47.4 Å². The molecule has 0 spiro atoms. The van der Waals surface area contributed by atoms with E-state index in [-0.39, 0.29) is 22.5 Å². The summed E-state index contributed by atoms with van der Waals surface area (Å²) in [7, 11) is 0. The van der Waals surface area contributed by atoms with Gasteiger partial charge in [0.25, 0.3) is 0 Å². The lowest BCUT2D eigenvalue weighted by molar-refractivity contribution is 0.527. The molecule has 0 saturated heterocycles. The molecule has 0 N–H and O–H groups in total. The molecular formula is C62H56F4N2. The van der Waals surface area contributed by atoms with Crippen molar-refractivity contribution in [2.75, 3.05) is 9.80 Å². The van der Waals surface area contributed by atoms with Crippen LogP contribution in [0.25, 0.3) is 55.6 Å². The topological polar surface area (TPSA) is 6.48 Å². The number of anilines is 4. The van der Waals surface area contributed by atoms with Gasteiger partial charge in [0.05, 0.1) is 22.7 Å². The molecule has 0 unspecified atom stereocenters. The first-order chi connectivity index (χ1) is 32.2. The first kappa shape index (κ1) is 44.9. The number of halogens is 4. The Bertz CT molecular complexity index is 3330. The molecule has 8 aromatic rings. The molecule has 8 aromatic carbocycles. The lowest BCUT2D eigenvalue weighted by Gasteiger charge is -2.40. The monoisotopic (exact) mass is 904 g/mol. The van der Waals surface area contributed by atoms with E-state index in [9.17, 15) is 0 Å². The summed E-state index contributed by atoms with van der Waals surface area (Å²) in [5.74, 6) is -1.81. The van der Waals surface area contributed by atoms with E-state index in [0.717, 1.165) is 55.6 Å². The number of hydrogen-bond acceptors (Lipinski definition) is 2. The minimum absolute atomic E-state index is 0.278. The third-order valence-corrected chi connectivity index (χ3v) is 14.2. The van der Waals surface area contributed by atoms with Crippen molar-refractivity contribution in [1.82, 2.24) is 0 Å². The van der Waals surface area contributed by atoms with Crippen molar-refractivity contribution < 1.29 is 17.6 Å². The van der Waals surface area contributed by atoms with Gasteiger partial charge in [-0.25, -0.2) is 17.6 Å². The maximum Gasteiger partial charge on any atom is 0.155 e. The Hall–Kier alpha value is -6.92. The van der Waals surface area contributed by atoms with Crippen molar-refractivity contribution in [3.8, 4) is 55.6 Å². The molecule has 2 aliphatic carbocycles. The number of nitrogens with zero attached hydrogens (tertiary/aromatic N) is 2. The second-order valence-corrected chi connectivity index (χ2v) is 21.4. The predicted molar refractivity (Wildman–Crippen MR) is 274 cm³/mol. The fourth-order valence-corrected chi connectivity index (χ4v) is 11.4. The van der Waals surface area contributed by atoms with Crippen molar-refractivity contribution >= 4 is 22.7 Å². The fourth-order valence-electron chi connectivity index (χ4n) is 11.4. The van der Waals surface area contributed by atoms with Crippen molar-refractivity contribution in [3.05, 3.63) is 203 Å². The summed E-state index contributed by atoms with van der Waals surface area (Å²) >= 11 is 0. The van der Waals surface area contributed by atoms with Crippen molar-refractivity contribution in [1.29, 1.82) is 0 Å². The molecule has 0 aromatic heterocycles. The van der Waals surface area contributed by atoms with Gasteiger partial charge in [-0.05, 0) is 139 Å². The zero-order chi connectivity index (χ0) is 48.2. The first-order valence-electron chi connectivity index (χ1n) is 23.5. The van der Waals surface area contributed by atoms with Crippen molar-refractivity contribution in [2.45, 2.75) is 91.1 Å². The van der Waals surface area contributed by atoms with Gasteiger partial charge >= 0.3 is 0 Å². The van der Waals surface area contributed by atoms with Crippen LogP contribution in [0.4, 0.5) is 40.3 Å². The summed E-state index contributed by atoms with van der Waals surface area (Å²) in [5.41, 5.74) is 11.2. The average molecular weight is 905 g/mol. The van der Waals surface area contributed by atoms with Crippen LogP contribution < -0.4 is 9.80 Å². The second kappa shape index (κ2) is 15.8. The van der Waals surface area contributed by atoms with E-state index in [0.29, 0.717) is 22.4 Å². The third kappa shape index (κ3) is 6.89. The van der Waals surface area contributed by atoms with Gasteiger partial charge in [-0.2, -0.15) is 0 Å². The van der Waals surface area contributed by atoms with E-state index in [2.05, 4.69) is 76.2 Å². The Morgan fingerprint density at radius 2 is 0.838 bits per heavy atom. The highest BCUT2D eigenvalue weighted by atomic mass is 19.1. The highest BCUT2D eigenvalue weighted by molar-refractivity contribution is 5.99. The van der Waals surface area contributed by atoms with E-state index in [1.807, 2.05) is 95.0 Å². The van der Waals surface area contributed by atoms with Gasteiger partial charge in [-0.15, -0.1) is 0 Å². The molecule has 68 heavy (non-hydrogen) atoms. The minimum atomic E-state index is -0.777. The second-order valence-electron chi connectivity index (χ2n) is 21.4. The lowest BCUT2D eigenvalue weighted by atomic mass is 9.78. The molecule has 2 aliphatic rings. The molecule has 342 valence electrons. The van der Waals surface area contributed by atoms with E-state index < -0.39 is 39.8 Å². The van der Waals surface area contributed by atoms with Gasteiger partial charge in [0, 0.05) is 38.6 Å². The van der Waals surface area contributed by atoms with Crippen LogP contribution in [0.3, 0.4) is 0 Å². The maximum atomic E-state index is 18.8. The van der Waals surface area contributed by atoms with Gasteiger partial charge in [0.1, 0.15) is 17.5 Å². The van der Waals surface area contributed by atoms with Crippen LogP contribution in [0.1, 0.15) is 91.5 Å². The van der Waals surface area contributed by atoms with E-state index in [4.69, 9.17) is 0 Å². The zero-order valence-corrected chi connectivity index (χ0v) is 40.4. The Morgan fingerprint density at radius 1 is 0.368 bits per heavy atom. The zero-order valence-electron chi connectivity index (χ0n) is 40.4. The van der Waals surface area contributed by atoms with Crippen LogP contribution in [0.2, 0.25) is 0 Å². The molecule has 0 heterocycles. The molecule has 0 atom stereocenters. The quantitative estimate of drug-likeness (QED) is 0.147. The number of rotatable bonds is 7. The van der Waals surface area contributed by atoms with Crippen LogP contribution in [-0.2, 0) is 10.8 Å². The van der Waals surface area contributed by atoms with Gasteiger partial charge < -0.3 is 9.80 Å². The first-order valence-corrected chi connectivity index (χ1v) is 23.5. The summed E-state index contributed by atoms with van der Waals surface area (Å²) in [6.07, 6.45) is 0. The Balaban J connectivity index is 1.19. The van der Waals surface area contributed by atoms with E-state index >= 15 is 17.6 Å². The molecule has 0 radical (unpaired) electrons. The number of benzene rings is 8. The Morgan fingerprint density at radius 3 is 1.49 bits per heavy atom. The predicted octanol–water partition coefficient (Wildman–Crippen LogP) is 17.7. The number of hydrogen-bond donors (Lipinski definition) is 0. The highest BCUT2D eigenvalue weighted by Crippen LogP contribution is 2.57. The molecule has 6 heteroatoms. The molecule has 0 fully saturated rings. The molecule has 0 bridgehead atoms. The van der Waals surface area contributed by atoms with Gasteiger partial charge in [0.2, 0.25) is 0 Å². The molecule has 0 saturated carbocycles. The number of para-hydroxylation sites is 3. The summed E-state index contributed by atoms with van der Waals surface area (Å²) < 4.78 is 67.2. The summed E-state index contributed by atoms with van der Waals surface area (Å²) in [6, 6.07) is 48.9. The van der Waals surface area contributed by atoms with Crippen molar-refractivity contribution in [3.63, 3.8) is 0 Å². The fraction of sp³-hybridized carbons (Fsp3) is 0.226. The summed E-state index contributed by atoms with van der Waals surface area (Å²) in [5, 5.41) is 0. The van der Waals surface area contributed by atoms with Crippen LogP contribution in [0.5, 0.6) is 0 Å². The van der Waals surface area contributed by atoms with Gasteiger partial charge in [0.15, 0.2) is 5.82 Å². The van der Waals surface area contributed by atoms with E-state index in [1.165, 1.54) is 23.8 Å². The molecular weight excluding hydrogens is 849 g/mol. The SMILES string of the molecule is CC1(C)c2ccccc2-c2c(-c3ccc(-c4cccc5c4C(C)(C)c4ccc(-c6cccc(F)c6N(c6ccccc6F)C(C)(C)C)cc4-5)c(F)c3N(c3ccccc3F)C(C)(C)C)cccc21. The van der Waals surface area contributed by atoms with Gasteiger partial charge in [-0.1, -0.05) is 149 Å². The van der Waals surface area contributed by atoms with Crippen LogP contribution in [0.15, 0.2) is 158 Å². The van der Waals surface area contributed by atoms with Crippen LogP contribution in [-0.4, -0.2) is 11.1 Å². The average Bonchev–Trinajstić information content (AvgIpc) is 3.67. The van der Waals surface area contributed by atoms with Crippen LogP contribution in [0, 0.1) is 23.3 Å².